The van der Waals surface area contributed by atoms with E-state index in [1.807, 2.05) is 24.3 Å². The lowest BCUT2D eigenvalue weighted by Crippen LogP contribution is -2.41. The summed E-state index contributed by atoms with van der Waals surface area (Å²) in [5.41, 5.74) is 1.45. The second-order valence-corrected chi connectivity index (χ2v) is 10.5. The number of carbonyl (C=O) groups excluding carboxylic acids is 1. The average molecular weight is 483 g/mol. The third-order valence-electron chi connectivity index (χ3n) is 4.16. The van der Waals surface area contributed by atoms with Crippen molar-refractivity contribution in [3.8, 4) is 5.75 Å². The first-order valence-electron chi connectivity index (χ1n) is 9.21. The Labute approximate surface area is 181 Å². The number of nitrogens with zero attached hydrogens (tertiary/aromatic N) is 1. The van der Waals surface area contributed by atoms with Crippen LogP contribution in [0.3, 0.4) is 0 Å². The zero-order valence-electron chi connectivity index (χ0n) is 17.1. The molecule has 2 rings (SSSR count). The van der Waals surface area contributed by atoms with Gasteiger partial charge in [-0.1, -0.05) is 61.0 Å². The zero-order valence-corrected chi connectivity index (χ0v) is 19.5. The van der Waals surface area contributed by atoms with Crippen LogP contribution in [0.25, 0.3) is 0 Å². The van der Waals surface area contributed by atoms with Gasteiger partial charge in [0.2, 0.25) is 15.9 Å². The molecule has 2 aromatic carbocycles. The van der Waals surface area contributed by atoms with Crippen LogP contribution in [0.15, 0.2) is 53.0 Å². The lowest BCUT2D eigenvalue weighted by Gasteiger charge is -2.23. The summed E-state index contributed by atoms with van der Waals surface area (Å²) in [6, 6.07) is 14.6. The second kappa shape index (κ2) is 9.63. The Hall–Kier alpha value is -2.06. The standard InChI is InChI=1S/C21H27BrN2O4S/c1-21(2,3)18-10-5-6-11-19(18)28-13-12-23-20(25)15-24(29(4,26)27)17-9-7-8-16(22)14-17/h5-11,14H,12-13,15H2,1-4H3,(H,23,25). The molecule has 0 aliphatic rings. The predicted octanol–water partition coefficient (Wildman–Crippen LogP) is 3.71. The molecular weight excluding hydrogens is 456 g/mol. The van der Waals surface area contributed by atoms with E-state index >= 15 is 0 Å². The van der Waals surface area contributed by atoms with Gasteiger partial charge in [-0.25, -0.2) is 8.42 Å². The fourth-order valence-electron chi connectivity index (χ4n) is 2.78. The molecule has 8 heteroatoms. The summed E-state index contributed by atoms with van der Waals surface area (Å²) in [7, 11) is -3.60. The number of hydrogen-bond donors (Lipinski definition) is 1. The van der Waals surface area contributed by atoms with Crippen LogP contribution >= 0.6 is 15.9 Å². The van der Waals surface area contributed by atoms with Crippen molar-refractivity contribution in [3.63, 3.8) is 0 Å². The van der Waals surface area contributed by atoms with Crippen molar-refractivity contribution in [2.45, 2.75) is 26.2 Å². The number of benzene rings is 2. The molecule has 0 aliphatic heterocycles. The Kier molecular flexibility index (Phi) is 7.71. The summed E-state index contributed by atoms with van der Waals surface area (Å²) in [6.45, 7) is 6.59. The molecule has 0 saturated carbocycles. The van der Waals surface area contributed by atoms with E-state index in [0.29, 0.717) is 5.69 Å². The monoisotopic (exact) mass is 482 g/mol. The van der Waals surface area contributed by atoms with Crippen LogP contribution in [0.1, 0.15) is 26.3 Å². The fourth-order valence-corrected chi connectivity index (χ4v) is 4.02. The maximum Gasteiger partial charge on any atom is 0.240 e. The Bertz CT molecular complexity index is 955. The molecule has 1 amide bonds. The molecule has 6 nitrogen and oxygen atoms in total. The van der Waals surface area contributed by atoms with Crippen molar-refractivity contribution in [2.24, 2.45) is 0 Å². The molecule has 0 heterocycles. The summed E-state index contributed by atoms with van der Waals surface area (Å²) in [5, 5.41) is 2.72. The predicted molar refractivity (Wildman–Crippen MR) is 120 cm³/mol. The number of rotatable bonds is 8. The quantitative estimate of drug-likeness (QED) is 0.581. The van der Waals surface area contributed by atoms with Crippen LogP contribution in [0.4, 0.5) is 5.69 Å². The number of ether oxygens (including phenoxy) is 1. The van der Waals surface area contributed by atoms with Crippen LogP contribution in [-0.2, 0) is 20.2 Å². The van der Waals surface area contributed by atoms with Gasteiger partial charge < -0.3 is 10.1 Å². The van der Waals surface area contributed by atoms with Gasteiger partial charge in [0.1, 0.15) is 18.9 Å². The molecule has 29 heavy (non-hydrogen) atoms. The first kappa shape index (κ1) is 23.2. The molecule has 0 spiro atoms. The van der Waals surface area contributed by atoms with Gasteiger partial charge in [-0.15, -0.1) is 0 Å². The molecular formula is C21H27BrN2O4S. The molecule has 158 valence electrons. The Morgan fingerprint density at radius 2 is 1.83 bits per heavy atom. The van der Waals surface area contributed by atoms with Gasteiger partial charge in [-0.05, 0) is 35.2 Å². The van der Waals surface area contributed by atoms with Crippen LogP contribution in [-0.4, -0.2) is 40.3 Å². The first-order valence-corrected chi connectivity index (χ1v) is 11.8. The number of nitrogens with one attached hydrogen (secondary N) is 1. The largest absolute Gasteiger partial charge is 0.491 e. The number of anilines is 1. The van der Waals surface area contributed by atoms with E-state index in [1.54, 1.807) is 24.3 Å². The van der Waals surface area contributed by atoms with E-state index in [4.69, 9.17) is 4.74 Å². The Balaban J connectivity index is 1.94. The normalized spacial score (nSPS) is 11.8. The van der Waals surface area contributed by atoms with Crippen molar-refractivity contribution < 1.29 is 17.9 Å². The molecule has 0 aromatic heterocycles. The third-order valence-corrected chi connectivity index (χ3v) is 5.79. The smallest absolute Gasteiger partial charge is 0.240 e. The second-order valence-electron chi connectivity index (χ2n) is 7.69. The van der Waals surface area contributed by atoms with Gasteiger partial charge in [-0.2, -0.15) is 0 Å². The molecule has 0 fully saturated rings. The number of amides is 1. The van der Waals surface area contributed by atoms with Gasteiger partial charge in [-0.3, -0.25) is 9.10 Å². The maximum absolute atomic E-state index is 12.3. The molecule has 2 aromatic rings. The minimum Gasteiger partial charge on any atom is -0.491 e. The lowest BCUT2D eigenvalue weighted by atomic mass is 9.86. The van der Waals surface area contributed by atoms with Crippen molar-refractivity contribution in [1.29, 1.82) is 0 Å². The summed E-state index contributed by atoms with van der Waals surface area (Å²) in [4.78, 5) is 12.3. The van der Waals surface area contributed by atoms with E-state index in [1.165, 1.54) is 0 Å². The van der Waals surface area contributed by atoms with Gasteiger partial charge in [0.05, 0.1) is 18.5 Å². The summed E-state index contributed by atoms with van der Waals surface area (Å²) in [5.74, 6) is 0.379. The molecule has 0 aliphatic carbocycles. The topological polar surface area (TPSA) is 75.7 Å². The van der Waals surface area contributed by atoms with Crippen LogP contribution in [0.2, 0.25) is 0 Å². The number of sulfonamides is 1. The van der Waals surface area contributed by atoms with Gasteiger partial charge in [0.15, 0.2) is 0 Å². The maximum atomic E-state index is 12.3. The summed E-state index contributed by atoms with van der Waals surface area (Å²) in [6.07, 6.45) is 1.08. The van der Waals surface area contributed by atoms with E-state index in [9.17, 15) is 13.2 Å². The molecule has 0 radical (unpaired) electrons. The van der Waals surface area contributed by atoms with E-state index in [0.717, 1.165) is 26.3 Å². The SMILES string of the molecule is CC(C)(C)c1ccccc1OCCNC(=O)CN(c1cccc(Br)c1)S(C)(=O)=O. The van der Waals surface area contributed by atoms with Crippen molar-refractivity contribution in [1.82, 2.24) is 5.32 Å². The molecule has 0 unspecified atom stereocenters. The first-order chi connectivity index (χ1) is 13.5. The fraction of sp³-hybridized carbons (Fsp3) is 0.381. The molecule has 0 atom stereocenters. The zero-order chi connectivity index (χ0) is 21.7. The van der Waals surface area contributed by atoms with E-state index in [-0.39, 0.29) is 25.1 Å². The lowest BCUT2D eigenvalue weighted by molar-refractivity contribution is -0.119. The highest BCUT2D eigenvalue weighted by Gasteiger charge is 2.21. The highest BCUT2D eigenvalue weighted by Crippen LogP contribution is 2.30. The average Bonchev–Trinajstić information content (AvgIpc) is 2.62. The summed E-state index contributed by atoms with van der Waals surface area (Å²) >= 11 is 3.32. The highest BCUT2D eigenvalue weighted by molar-refractivity contribution is 9.10. The number of carbonyl (C=O) groups is 1. The number of para-hydroxylation sites is 1. The third kappa shape index (κ3) is 7.04. The highest BCUT2D eigenvalue weighted by atomic mass is 79.9. The van der Waals surface area contributed by atoms with E-state index < -0.39 is 15.9 Å². The van der Waals surface area contributed by atoms with Crippen LogP contribution < -0.4 is 14.4 Å². The molecule has 0 saturated heterocycles. The van der Waals surface area contributed by atoms with Gasteiger partial charge >= 0.3 is 0 Å². The van der Waals surface area contributed by atoms with Crippen LogP contribution in [0, 0.1) is 0 Å². The minimum atomic E-state index is -3.60. The minimum absolute atomic E-state index is 0.0558. The number of halogens is 1. The number of hydrogen-bond acceptors (Lipinski definition) is 4. The Morgan fingerprint density at radius 1 is 1.14 bits per heavy atom. The van der Waals surface area contributed by atoms with Crippen molar-refractivity contribution in [3.05, 3.63) is 58.6 Å². The van der Waals surface area contributed by atoms with Crippen molar-refractivity contribution >= 4 is 37.5 Å². The Morgan fingerprint density at radius 3 is 2.45 bits per heavy atom. The van der Waals surface area contributed by atoms with Crippen molar-refractivity contribution in [2.75, 3.05) is 30.3 Å². The molecule has 0 bridgehead atoms. The van der Waals surface area contributed by atoms with Crippen LogP contribution in [0.5, 0.6) is 5.75 Å². The summed E-state index contributed by atoms with van der Waals surface area (Å²) < 4.78 is 31.9. The van der Waals surface area contributed by atoms with E-state index in [2.05, 4.69) is 42.0 Å². The molecule has 1 N–H and O–H groups in total. The van der Waals surface area contributed by atoms with Gasteiger partial charge in [0, 0.05) is 4.47 Å². The van der Waals surface area contributed by atoms with Gasteiger partial charge in [0.25, 0.3) is 0 Å².